The fourth-order valence-corrected chi connectivity index (χ4v) is 6.56. The molecule has 1 fully saturated rings. The Morgan fingerprint density at radius 2 is 1.17 bits per heavy atom. The predicted molar refractivity (Wildman–Crippen MR) is 234 cm³/mol. The summed E-state index contributed by atoms with van der Waals surface area (Å²) in [5, 5.41) is 3.59. The third-order valence-electron chi connectivity index (χ3n) is 8.36. The number of anilines is 2. The summed E-state index contributed by atoms with van der Waals surface area (Å²) in [6.07, 6.45) is -8.45. The highest BCUT2D eigenvalue weighted by Gasteiger charge is 2.51. The maximum Gasteiger partial charge on any atom is 0.509 e. The van der Waals surface area contributed by atoms with Crippen LogP contribution in [0.15, 0.2) is 16.5 Å². The van der Waals surface area contributed by atoms with Gasteiger partial charge < -0.3 is 47.6 Å². The van der Waals surface area contributed by atoms with Crippen molar-refractivity contribution >= 4 is 65.0 Å². The number of nitrogens with zero attached hydrogens (tertiary/aromatic N) is 4. The highest BCUT2D eigenvalue weighted by Crippen LogP contribution is 2.42. The molecule has 4 atom stereocenters. The number of amides is 2. The zero-order valence-electron chi connectivity index (χ0n) is 39.8. The van der Waals surface area contributed by atoms with E-state index in [0.717, 1.165) is 0 Å². The molecule has 1 saturated carbocycles. The van der Waals surface area contributed by atoms with E-state index >= 15 is 0 Å². The normalized spacial score (nSPS) is 18.2. The summed E-state index contributed by atoms with van der Waals surface area (Å²) < 4.78 is 51.2. The summed E-state index contributed by atoms with van der Waals surface area (Å²) in [6, 6.07) is 2.39. The van der Waals surface area contributed by atoms with Crippen LogP contribution in [0.2, 0.25) is 5.15 Å². The number of aryl methyl sites for hydroxylation is 2. The highest BCUT2D eigenvalue weighted by molar-refractivity contribution is 6.33. The summed E-state index contributed by atoms with van der Waals surface area (Å²) in [6.45, 7) is 27.6. The molecule has 3 heterocycles. The van der Waals surface area contributed by atoms with E-state index in [9.17, 15) is 24.0 Å². The maximum absolute atomic E-state index is 13.8. The van der Waals surface area contributed by atoms with Crippen LogP contribution in [0.1, 0.15) is 122 Å². The molecule has 0 spiro atoms. The Bertz CT molecular complexity index is 2200. The molecule has 19 nitrogen and oxygen atoms in total. The van der Waals surface area contributed by atoms with Gasteiger partial charge in [-0.1, -0.05) is 11.6 Å². The molecule has 354 valence electrons. The van der Waals surface area contributed by atoms with E-state index in [0.29, 0.717) is 27.3 Å². The average molecular weight is 920 g/mol. The van der Waals surface area contributed by atoms with Gasteiger partial charge in [-0.05, 0) is 136 Å². The molecule has 64 heavy (non-hydrogen) atoms. The van der Waals surface area contributed by atoms with Gasteiger partial charge in [0.05, 0.1) is 17.3 Å². The van der Waals surface area contributed by atoms with E-state index in [2.05, 4.69) is 20.3 Å². The first-order chi connectivity index (χ1) is 29.1. The number of hydrogen-bond donors (Lipinski definition) is 1. The van der Waals surface area contributed by atoms with Crippen LogP contribution in [0.5, 0.6) is 0 Å². The van der Waals surface area contributed by atoms with Gasteiger partial charge in [0, 0.05) is 17.0 Å². The largest absolute Gasteiger partial charge is 0.509 e. The molecule has 3 aromatic heterocycles. The minimum absolute atomic E-state index is 0.0427. The van der Waals surface area contributed by atoms with Crippen LogP contribution in [-0.2, 0) is 37.9 Å². The fraction of sp³-hybridized carbons (Fsp3) is 0.636. The van der Waals surface area contributed by atoms with Crippen LogP contribution >= 0.6 is 11.6 Å². The van der Waals surface area contributed by atoms with Crippen molar-refractivity contribution in [3.05, 3.63) is 28.7 Å². The summed E-state index contributed by atoms with van der Waals surface area (Å²) >= 11 is 7.03. The molecule has 4 rings (SSSR count). The number of hydrogen-bond acceptors (Lipinski definition) is 18. The van der Waals surface area contributed by atoms with Gasteiger partial charge in [-0.25, -0.2) is 24.0 Å². The molecule has 1 aliphatic carbocycles. The van der Waals surface area contributed by atoms with Crippen molar-refractivity contribution in [2.75, 3.05) is 16.8 Å². The Morgan fingerprint density at radius 3 is 1.67 bits per heavy atom. The molecule has 20 heteroatoms. The number of nitrogens with one attached hydrogen (secondary N) is 1. The first kappa shape index (κ1) is 51.0. The third kappa shape index (κ3) is 14.7. The molecule has 0 aliphatic heterocycles. The molecular weight excluding hydrogens is 858 g/mol. The quantitative estimate of drug-likeness (QED) is 0.126. The zero-order valence-corrected chi connectivity index (χ0v) is 40.5. The number of carbonyl (C=O) groups excluding carboxylic acids is 5. The van der Waals surface area contributed by atoms with Crippen LogP contribution in [0.3, 0.4) is 0 Å². The number of carbonyl (C=O) groups is 5. The lowest BCUT2D eigenvalue weighted by Crippen LogP contribution is -2.45. The van der Waals surface area contributed by atoms with Crippen molar-refractivity contribution in [3.8, 4) is 11.3 Å². The second kappa shape index (κ2) is 18.9. The van der Waals surface area contributed by atoms with Crippen molar-refractivity contribution in [3.63, 3.8) is 0 Å². The highest BCUT2D eigenvalue weighted by atomic mass is 35.5. The first-order valence-corrected chi connectivity index (χ1v) is 21.1. The van der Waals surface area contributed by atoms with Crippen LogP contribution < -0.4 is 10.2 Å². The summed E-state index contributed by atoms with van der Waals surface area (Å²) in [5.41, 5.74) is -3.33. The van der Waals surface area contributed by atoms with E-state index in [1.54, 1.807) is 123 Å². The molecule has 0 unspecified atom stereocenters. The molecule has 0 radical (unpaired) electrons. The second-order valence-electron chi connectivity index (χ2n) is 20.3. The Kier molecular flexibility index (Phi) is 15.0. The lowest BCUT2D eigenvalue weighted by molar-refractivity contribution is -0.0907. The maximum atomic E-state index is 13.8. The second-order valence-corrected chi connectivity index (χ2v) is 20.7. The van der Waals surface area contributed by atoms with Crippen LogP contribution in [-0.4, -0.2) is 98.5 Å². The van der Waals surface area contributed by atoms with Gasteiger partial charge in [-0.2, -0.15) is 9.97 Å². The van der Waals surface area contributed by atoms with Crippen LogP contribution in [0.4, 0.5) is 35.7 Å². The summed E-state index contributed by atoms with van der Waals surface area (Å²) in [7, 11) is 0. The average Bonchev–Trinajstić information content (AvgIpc) is 3.60. The van der Waals surface area contributed by atoms with Crippen molar-refractivity contribution in [1.82, 2.24) is 15.0 Å². The minimum atomic E-state index is -1.42. The van der Waals surface area contributed by atoms with E-state index in [4.69, 9.17) is 53.9 Å². The van der Waals surface area contributed by atoms with Gasteiger partial charge in [0.1, 0.15) is 51.3 Å². The van der Waals surface area contributed by atoms with Crippen molar-refractivity contribution in [1.29, 1.82) is 0 Å². The van der Waals surface area contributed by atoms with Crippen molar-refractivity contribution in [2.24, 2.45) is 5.92 Å². The molecule has 0 bridgehead atoms. The summed E-state index contributed by atoms with van der Waals surface area (Å²) in [4.78, 5) is 81.4. The van der Waals surface area contributed by atoms with E-state index < -0.39 is 95.4 Å². The fourth-order valence-electron chi connectivity index (χ4n) is 6.30. The van der Waals surface area contributed by atoms with Gasteiger partial charge in [0.25, 0.3) is 0 Å². The van der Waals surface area contributed by atoms with Gasteiger partial charge >= 0.3 is 30.7 Å². The molecule has 1 aliphatic rings. The molecule has 3 aromatic rings. The Hall–Kier alpha value is -5.59. The number of rotatable bonds is 8. The molecule has 1 N–H and O–H groups in total. The molecular formula is C44H62ClN5O14. The van der Waals surface area contributed by atoms with E-state index in [-0.39, 0.29) is 28.7 Å². The topological polar surface area (TPSA) is 226 Å². The Morgan fingerprint density at radius 1 is 0.688 bits per heavy atom. The van der Waals surface area contributed by atoms with Gasteiger partial charge in [0.15, 0.2) is 17.8 Å². The first-order valence-electron chi connectivity index (χ1n) is 20.7. The third-order valence-corrected chi connectivity index (χ3v) is 8.64. The minimum Gasteiger partial charge on any atom is -0.454 e. The van der Waals surface area contributed by atoms with Gasteiger partial charge in [-0.15, -0.1) is 4.90 Å². The number of pyridine rings is 1. The Labute approximate surface area is 378 Å². The predicted octanol–water partition coefficient (Wildman–Crippen LogP) is 10.6. The zero-order chi connectivity index (χ0) is 48.5. The summed E-state index contributed by atoms with van der Waals surface area (Å²) in [5.74, 6) is -1.48. The van der Waals surface area contributed by atoms with E-state index in [1.807, 2.05) is 6.92 Å². The number of aromatic nitrogens is 3. The van der Waals surface area contributed by atoms with Gasteiger partial charge in [-0.3, -0.25) is 4.98 Å². The molecule has 0 aromatic carbocycles. The number of halogens is 1. The Balaban J connectivity index is 1.98. The van der Waals surface area contributed by atoms with Crippen molar-refractivity contribution < 1.29 is 66.3 Å². The lowest BCUT2D eigenvalue weighted by Gasteiger charge is -2.30. The molecule has 0 saturated heterocycles. The SMILES string of the molecule is Cc1cc2cc(-c3c(Cl)nc(N(C(=O)OC(C)(C)C)C(=O)OC(C)(C)C)nc3N[C@@H]3C[C@H](COC(=O)OC(C)(C)C)[C@@H](OC(=O)OC(C)(C)C)[C@H]3OC(=O)OC(C)(C)C)oc2c(C)n1. The molecule has 2 amide bonds. The number of fused-ring (bicyclic) bond motifs is 1. The van der Waals surface area contributed by atoms with E-state index in [1.165, 1.54) is 0 Å². The van der Waals surface area contributed by atoms with Crippen molar-refractivity contribution in [2.45, 2.75) is 170 Å². The standard InChI is InChI=1S/C44H62ClN5O14/c1-22-18-24-20-27(57-29(24)23(2)46-22)28-32(45)48-34(50(35(51)60-40(3,4)5)36(52)61-41(6,7)8)49-33(28)47-26-19-25(21-56-37(53)62-42(9,10)11)30(58-38(54)63-43(12,13)14)31(26)59-39(55)64-44(15,16)17/h18,20,25-26,30-31H,19,21H2,1-17H3,(H,47,48,49)/t25-,26-,30-,31+/m1/s1. The van der Waals surface area contributed by atoms with Crippen LogP contribution in [0.25, 0.3) is 22.3 Å². The smallest absolute Gasteiger partial charge is 0.454 e. The lowest BCUT2D eigenvalue weighted by atomic mass is 10.1. The number of ether oxygens (including phenoxy) is 8. The number of furan rings is 1. The number of imide groups is 1. The monoisotopic (exact) mass is 919 g/mol. The van der Waals surface area contributed by atoms with Gasteiger partial charge in [0.2, 0.25) is 5.95 Å². The van der Waals surface area contributed by atoms with Crippen LogP contribution in [0, 0.1) is 19.8 Å².